The fraction of sp³-hybridized carbons (Fsp3) is 0.759. The minimum absolute atomic E-state index is 0.207. The van der Waals surface area contributed by atoms with Crippen LogP contribution in [0.15, 0.2) is 24.3 Å². The van der Waals surface area contributed by atoms with Gasteiger partial charge in [0, 0.05) is 31.7 Å². The van der Waals surface area contributed by atoms with E-state index in [1.807, 2.05) is 24.3 Å². The molecule has 0 unspecified atom stereocenters. The van der Waals surface area contributed by atoms with Gasteiger partial charge in [0.15, 0.2) is 5.78 Å². The second kappa shape index (κ2) is 18.0. The van der Waals surface area contributed by atoms with E-state index in [1.54, 1.807) is 0 Å². The maximum atomic E-state index is 12.5. The monoisotopic (exact) mass is 458 g/mol. The smallest absolute Gasteiger partial charge is 0.176 e. The topological polar surface area (TPSA) is 32.8 Å². The van der Waals surface area contributed by atoms with Crippen molar-refractivity contribution in [3.63, 3.8) is 0 Å². The third-order valence-electron chi connectivity index (χ3n) is 6.91. The second-order valence-corrected chi connectivity index (χ2v) is 9.97. The highest BCUT2D eigenvalue weighted by molar-refractivity contribution is 5.97. The van der Waals surface area contributed by atoms with Crippen LogP contribution >= 0.6 is 0 Å². The van der Waals surface area contributed by atoms with Crippen molar-refractivity contribution < 1.29 is 9.53 Å². The van der Waals surface area contributed by atoms with Gasteiger partial charge in [0.2, 0.25) is 0 Å². The fourth-order valence-electron chi connectivity index (χ4n) is 4.52. The van der Waals surface area contributed by atoms with Crippen LogP contribution in [0.1, 0.15) is 107 Å². The summed E-state index contributed by atoms with van der Waals surface area (Å²) in [6.07, 6.45) is 19.2. The summed E-state index contributed by atoms with van der Waals surface area (Å²) in [5, 5.41) is 0. The summed E-state index contributed by atoms with van der Waals surface area (Å²) >= 11 is 0. The number of hydrogen-bond acceptors (Lipinski definition) is 4. The standard InChI is InChI=1S/C29H50N2O2/c1-3-4-5-6-7-8-9-10-11-12-13-14-15-16-25-33-28-19-17-27(18-20-28)29(32)26-31-23-21-30(2)22-24-31/h17-20H,3-16,21-26H2,1-2H3. The predicted octanol–water partition coefficient (Wildman–Crippen LogP) is 6.98. The van der Waals surface area contributed by atoms with Crippen LogP contribution in [0.3, 0.4) is 0 Å². The third-order valence-corrected chi connectivity index (χ3v) is 6.91. The van der Waals surface area contributed by atoms with E-state index in [9.17, 15) is 4.79 Å². The maximum absolute atomic E-state index is 12.5. The Labute approximate surface area is 204 Å². The molecule has 188 valence electrons. The summed E-state index contributed by atoms with van der Waals surface area (Å²) in [4.78, 5) is 17.1. The number of Topliss-reactive ketones (excluding diaryl/α,β-unsaturated/α-hetero) is 1. The molecule has 1 aliphatic rings. The molecule has 1 saturated heterocycles. The number of ketones is 1. The number of carbonyl (C=O) groups excluding carboxylic acids is 1. The lowest BCUT2D eigenvalue weighted by Crippen LogP contribution is -2.46. The summed E-state index contributed by atoms with van der Waals surface area (Å²) < 4.78 is 5.88. The molecule has 33 heavy (non-hydrogen) atoms. The van der Waals surface area contributed by atoms with Crippen LogP contribution in [0.25, 0.3) is 0 Å². The van der Waals surface area contributed by atoms with Gasteiger partial charge in [0.1, 0.15) is 5.75 Å². The normalized spacial score (nSPS) is 15.1. The van der Waals surface area contributed by atoms with Crippen molar-refractivity contribution in [2.75, 3.05) is 46.4 Å². The van der Waals surface area contributed by atoms with E-state index >= 15 is 0 Å². The van der Waals surface area contributed by atoms with Crippen molar-refractivity contribution in [1.29, 1.82) is 0 Å². The van der Waals surface area contributed by atoms with Gasteiger partial charge in [-0.3, -0.25) is 9.69 Å². The molecule has 0 saturated carbocycles. The Morgan fingerprint density at radius 2 is 1.21 bits per heavy atom. The van der Waals surface area contributed by atoms with Crippen molar-refractivity contribution >= 4 is 5.78 Å². The van der Waals surface area contributed by atoms with Crippen LogP contribution < -0.4 is 4.74 Å². The van der Waals surface area contributed by atoms with E-state index in [0.717, 1.165) is 50.5 Å². The summed E-state index contributed by atoms with van der Waals surface area (Å²) in [5.74, 6) is 1.08. The van der Waals surface area contributed by atoms with E-state index < -0.39 is 0 Å². The molecule has 0 bridgehead atoms. The summed E-state index contributed by atoms with van der Waals surface area (Å²) in [6, 6.07) is 7.72. The van der Waals surface area contributed by atoms with Crippen molar-refractivity contribution in [2.45, 2.75) is 96.8 Å². The number of hydrogen-bond donors (Lipinski definition) is 0. The lowest BCUT2D eigenvalue weighted by atomic mass is 10.0. The van der Waals surface area contributed by atoms with E-state index in [2.05, 4.69) is 23.8 Å². The van der Waals surface area contributed by atoms with Gasteiger partial charge >= 0.3 is 0 Å². The number of piperazine rings is 1. The van der Waals surface area contributed by atoms with Gasteiger partial charge in [-0.05, 0) is 37.7 Å². The van der Waals surface area contributed by atoms with E-state index in [-0.39, 0.29) is 5.78 Å². The molecule has 0 spiro atoms. The summed E-state index contributed by atoms with van der Waals surface area (Å²) in [7, 11) is 2.14. The number of unbranched alkanes of at least 4 members (excludes halogenated alkanes) is 13. The Kier molecular flexibility index (Phi) is 15.2. The molecule has 0 aliphatic carbocycles. The zero-order valence-electron chi connectivity index (χ0n) is 21.7. The van der Waals surface area contributed by atoms with E-state index in [0.29, 0.717) is 6.54 Å². The van der Waals surface area contributed by atoms with Gasteiger partial charge < -0.3 is 9.64 Å². The molecule has 0 radical (unpaired) electrons. The van der Waals surface area contributed by atoms with E-state index in [1.165, 1.54) is 83.5 Å². The first kappa shape index (κ1) is 27.9. The quantitative estimate of drug-likeness (QED) is 0.165. The molecule has 4 heteroatoms. The molecule has 0 aromatic heterocycles. The van der Waals surface area contributed by atoms with Crippen LogP contribution in [-0.2, 0) is 0 Å². The molecule has 4 nitrogen and oxygen atoms in total. The molecule has 2 rings (SSSR count). The Morgan fingerprint density at radius 3 is 1.73 bits per heavy atom. The van der Waals surface area contributed by atoms with Gasteiger partial charge in [-0.1, -0.05) is 90.4 Å². The number of nitrogens with zero attached hydrogens (tertiary/aromatic N) is 2. The number of likely N-dealkylation sites (N-methyl/N-ethyl adjacent to an activating group) is 1. The molecular weight excluding hydrogens is 408 g/mol. The largest absolute Gasteiger partial charge is 0.494 e. The maximum Gasteiger partial charge on any atom is 0.176 e. The van der Waals surface area contributed by atoms with Crippen molar-refractivity contribution in [3.05, 3.63) is 29.8 Å². The van der Waals surface area contributed by atoms with Crippen LogP contribution in [-0.4, -0.2) is 62.0 Å². The molecule has 1 aliphatic heterocycles. The first-order valence-electron chi connectivity index (χ1n) is 13.9. The molecular formula is C29H50N2O2. The molecule has 1 fully saturated rings. The average molecular weight is 459 g/mol. The Hall–Kier alpha value is -1.39. The molecule has 0 atom stereocenters. The highest BCUT2D eigenvalue weighted by Crippen LogP contribution is 2.16. The van der Waals surface area contributed by atoms with Gasteiger partial charge in [-0.2, -0.15) is 0 Å². The first-order chi connectivity index (χ1) is 16.2. The van der Waals surface area contributed by atoms with Crippen LogP contribution in [0.4, 0.5) is 0 Å². The minimum atomic E-state index is 0.207. The molecule has 1 aromatic rings. The van der Waals surface area contributed by atoms with Crippen LogP contribution in [0, 0.1) is 0 Å². The van der Waals surface area contributed by atoms with Crippen molar-refractivity contribution in [3.8, 4) is 5.75 Å². The Bertz CT molecular complexity index is 609. The summed E-state index contributed by atoms with van der Waals surface area (Å²) in [6.45, 7) is 7.61. The zero-order chi connectivity index (χ0) is 23.6. The minimum Gasteiger partial charge on any atom is -0.494 e. The van der Waals surface area contributed by atoms with Crippen LogP contribution in [0.2, 0.25) is 0 Å². The average Bonchev–Trinajstić information content (AvgIpc) is 2.83. The number of rotatable bonds is 19. The van der Waals surface area contributed by atoms with Gasteiger partial charge in [-0.25, -0.2) is 0 Å². The lowest BCUT2D eigenvalue weighted by molar-refractivity contribution is 0.0876. The molecule has 0 N–H and O–H groups in total. The Morgan fingerprint density at radius 1 is 0.727 bits per heavy atom. The van der Waals surface area contributed by atoms with Gasteiger partial charge in [-0.15, -0.1) is 0 Å². The highest BCUT2D eigenvalue weighted by Gasteiger charge is 2.17. The van der Waals surface area contributed by atoms with Gasteiger partial charge in [0.05, 0.1) is 13.2 Å². The molecule has 0 amide bonds. The number of ether oxygens (including phenoxy) is 1. The summed E-state index contributed by atoms with van der Waals surface area (Å²) in [5.41, 5.74) is 0.790. The molecule has 1 heterocycles. The molecule has 1 aromatic carbocycles. The number of carbonyl (C=O) groups is 1. The number of benzene rings is 1. The zero-order valence-corrected chi connectivity index (χ0v) is 21.7. The van der Waals surface area contributed by atoms with Gasteiger partial charge in [0.25, 0.3) is 0 Å². The lowest BCUT2D eigenvalue weighted by Gasteiger charge is -2.31. The third kappa shape index (κ3) is 13.2. The van der Waals surface area contributed by atoms with Crippen molar-refractivity contribution in [1.82, 2.24) is 9.80 Å². The first-order valence-corrected chi connectivity index (χ1v) is 13.9. The van der Waals surface area contributed by atoms with E-state index in [4.69, 9.17) is 4.74 Å². The SMILES string of the molecule is CCCCCCCCCCCCCCCCOc1ccc(C(=O)CN2CCN(C)CC2)cc1. The highest BCUT2D eigenvalue weighted by atomic mass is 16.5. The Balaban J connectivity index is 1.42. The van der Waals surface area contributed by atoms with Crippen LogP contribution in [0.5, 0.6) is 5.75 Å². The fourth-order valence-corrected chi connectivity index (χ4v) is 4.52. The van der Waals surface area contributed by atoms with Crippen molar-refractivity contribution in [2.24, 2.45) is 0 Å². The second-order valence-electron chi connectivity index (χ2n) is 9.97. The predicted molar refractivity (Wildman–Crippen MR) is 141 cm³/mol.